The average molecular weight is 238 g/mol. The molecule has 0 bridgehead atoms. The second-order valence-corrected chi connectivity index (χ2v) is 4.70. The smallest absolute Gasteiger partial charge is 0.129 e. The van der Waals surface area contributed by atoms with E-state index >= 15 is 0 Å². The molecular formula is C14H19FO2. The summed E-state index contributed by atoms with van der Waals surface area (Å²) in [5.41, 5.74) is 0.316. The van der Waals surface area contributed by atoms with Gasteiger partial charge >= 0.3 is 0 Å². The molecule has 0 heterocycles. The minimum atomic E-state index is -0.863. The molecule has 94 valence electrons. The molecule has 3 heteroatoms. The number of hydrogen-bond donors (Lipinski definition) is 1. The highest BCUT2D eigenvalue weighted by Gasteiger charge is 2.17. The maximum atomic E-state index is 13.3. The highest BCUT2D eigenvalue weighted by molar-refractivity contribution is 5.19. The van der Waals surface area contributed by atoms with Crippen molar-refractivity contribution in [2.75, 3.05) is 13.2 Å². The first-order valence-electron chi connectivity index (χ1n) is 6.27. The van der Waals surface area contributed by atoms with Crippen molar-refractivity contribution in [2.24, 2.45) is 5.92 Å². The predicted molar refractivity (Wildman–Crippen MR) is 64.1 cm³/mol. The lowest BCUT2D eigenvalue weighted by Crippen LogP contribution is -2.15. The van der Waals surface area contributed by atoms with Gasteiger partial charge in [-0.3, -0.25) is 0 Å². The van der Waals surface area contributed by atoms with Crippen molar-refractivity contribution < 1.29 is 14.2 Å². The fourth-order valence-electron chi connectivity index (χ4n) is 2.06. The summed E-state index contributed by atoms with van der Waals surface area (Å²) in [6, 6.07) is 6.28. The van der Waals surface area contributed by atoms with E-state index in [1.54, 1.807) is 18.2 Å². The number of ether oxygens (including phenoxy) is 1. The van der Waals surface area contributed by atoms with Gasteiger partial charge in [0.1, 0.15) is 11.9 Å². The highest BCUT2D eigenvalue weighted by Crippen LogP contribution is 2.29. The summed E-state index contributed by atoms with van der Waals surface area (Å²) in [7, 11) is 0. The SMILES string of the molecule is OC(COCCC1CCC1)c1ccccc1F. The summed E-state index contributed by atoms with van der Waals surface area (Å²) in [6.45, 7) is 0.837. The molecule has 1 N–H and O–H groups in total. The molecule has 0 aliphatic heterocycles. The number of benzene rings is 1. The highest BCUT2D eigenvalue weighted by atomic mass is 19.1. The minimum absolute atomic E-state index is 0.174. The molecule has 0 spiro atoms. The van der Waals surface area contributed by atoms with Gasteiger partial charge in [0, 0.05) is 12.2 Å². The molecule has 1 fully saturated rings. The molecule has 2 rings (SSSR count). The van der Waals surface area contributed by atoms with Crippen LogP contribution in [0.1, 0.15) is 37.4 Å². The van der Waals surface area contributed by atoms with Crippen LogP contribution in [0.2, 0.25) is 0 Å². The third-order valence-electron chi connectivity index (χ3n) is 3.44. The zero-order chi connectivity index (χ0) is 12.1. The summed E-state index contributed by atoms with van der Waals surface area (Å²) in [4.78, 5) is 0. The molecule has 0 radical (unpaired) electrons. The van der Waals surface area contributed by atoms with Crippen LogP contribution >= 0.6 is 0 Å². The first kappa shape index (κ1) is 12.5. The number of aliphatic hydroxyl groups excluding tert-OH is 1. The Morgan fingerprint density at radius 2 is 2.12 bits per heavy atom. The normalized spacial score (nSPS) is 17.8. The second-order valence-electron chi connectivity index (χ2n) is 4.70. The van der Waals surface area contributed by atoms with Gasteiger partial charge in [-0.05, 0) is 18.4 Å². The van der Waals surface area contributed by atoms with E-state index < -0.39 is 6.10 Å². The van der Waals surface area contributed by atoms with E-state index in [0.29, 0.717) is 12.2 Å². The van der Waals surface area contributed by atoms with Crippen LogP contribution in [0.4, 0.5) is 4.39 Å². The van der Waals surface area contributed by atoms with Crippen LogP contribution in [0.5, 0.6) is 0 Å². The third kappa shape index (κ3) is 3.51. The van der Waals surface area contributed by atoms with Crippen LogP contribution in [0.25, 0.3) is 0 Å². The molecule has 1 unspecified atom stereocenters. The Morgan fingerprint density at radius 1 is 1.35 bits per heavy atom. The molecule has 1 aliphatic carbocycles. The maximum Gasteiger partial charge on any atom is 0.129 e. The van der Waals surface area contributed by atoms with Gasteiger partial charge in [-0.25, -0.2) is 4.39 Å². The van der Waals surface area contributed by atoms with E-state index in [2.05, 4.69) is 0 Å². The number of halogens is 1. The Labute approximate surface area is 101 Å². The van der Waals surface area contributed by atoms with Crippen LogP contribution in [-0.2, 0) is 4.74 Å². The number of rotatable bonds is 6. The van der Waals surface area contributed by atoms with Gasteiger partial charge in [-0.2, -0.15) is 0 Å². The molecule has 1 aliphatic rings. The summed E-state index contributed by atoms with van der Waals surface area (Å²) in [5.74, 6) is 0.434. The van der Waals surface area contributed by atoms with E-state index in [-0.39, 0.29) is 12.4 Å². The van der Waals surface area contributed by atoms with E-state index in [9.17, 15) is 9.50 Å². The summed E-state index contributed by atoms with van der Waals surface area (Å²) in [5, 5.41) is 9.77. The van der Waals surface area contributed by atoms with Crippen LogP contribution in [0, 0.1) is 11.7 Å². The molecule has 0 saturated heterocycles. The Bertz CT molecular complexity index is 350. The summed E-state index contributed by atoms with van der Waals surface area (Å²) in [6.07, 6.45) is 4.14. The molecule has 1 aromatic rings. The fourth-order valence-corrected chi connectivity index (χ4v) is 2.06. The maximum absolute atomic E-state index is 13.3. The standard InChI is InChI=1S/C14H19FO2/c15-13-7-2-1-6-12(13)14(16)10-17-9-8-11-4-3-5-11/h1-2,6-7,11,14,16H,3-5,8-10H2. The molecule has 0 aromatic heterocycles. The molecular weight excluding hydrogens is 219 g/mol. The minimum Gasteiger partial charge on any atom is -0.386 e. The average Bonchev–Trinajstić information content (AvgIpc) is 2.26. The van der Waals surface area contributed by atoms with Crippen LogP contribution in [-0.4, -0.2) is 18.3 Å². The van der Waals surface area contributed by atoms with Crippen molar-refractivity contribution in [3.05, 3.63) is 35.6 Å². The summed E-state index contributed by atoms with van der Waals surface area (Å²) >= 11 is 0. The van der Waals surface area contributed by atoms with Crippen LogP contribution < -0.4 is 0 Å². The molecule has 1 atom stereocenters. The number of aliphatic hydroxyl groups is 1. The van der Waals surface area contributed by atoms with Crippen molar-refractivity contribution in [2.45, 2.75) is 31.8 Å². The van der Waals surface area contributed by atoms with Gasteiger partial charge in [-0.15, -0.1) is 0 Å². The molecule has 2 nitrogen and oxygen atoms in total. The lowest BCUT2D eigenvalue weighted by Gasteiger charge is -2.25. The van der Waals surface area contributed by atoms with Crippen molar-refractivity contribution in [1.29, 1.82) is 0 Å². The van der Waals surface area contributed by atoms with Gasteiger partial charge in [0.25, 0.3) is 0 Å². The Kier molecular flexibility index (Phi) is 4.51. The third-order valence-corrected chi connectivity index (χ3v) is 3.44. The quantitative estimate of drug-likeness (QED) is 0.772. The van der Waals surface area contributed by atoms with Crippen LogP contribution in [0.15, 0.2) is 24.3 Å². The van der Waals surface area contributed by atoms with Crippen molar-refractivity contribution in [3.8, 4) is 0 Å². The van der Waals surface area contributed by atoms with Gasteiger partial charge in [0.05, 0.1) is 6.61 Å². The van der Waals surface area contributed by atoms with Gasteiger partial charge < -0.3 is 9.84 Å². The largest absolute Gasteiger partial charge is 0.386 e. The lowest BCUT2D eigenvalue weighted by atomic mass is 9.83. The molecule has 0 amide bonds. The zero-order valence-electron chi connectivity index (χ0n) is 9.94. The summed E-state index contributed by atoms with van der Waals surface area (Å²) < 4.78 is 18.7. The van der Waals surface area contributed by atoms with Crippen molar-refractivity contribution >= 4 is 0 Å². The van der Waals surface area contributed by atoms with Gasteiger partial charge in [-0.1, -0.05) is 37.5 Å². The van der Waals surface area contributed by atoms with E-state index in [0.717, 1.165) is 12.3 Å². The molecule has 17 heavy (non-hydrogen) atoms. The Balaban J connectivity index is 1.69. The number of hydrogen-bond acceptors (Lipinski definition) is 2. The molecule has 1 saturated carbocycles. The fraction of sp³-hybridized carbons (Fsp3) is 0.571. The first-order chi connectivity index (χ1) is 8.27. The van der Waals surface area contributed by atoms with Crippen LogP contribution in [0.3, 0.4) is 0 Å². The van der Waals surface area contributed by atoms with E-state index in [4.69, 9.17) is 4.74 Å². The Morgan fingerprint density at radius 3 is 2.76 bits per heavy atom. The first-order valence-corrected chi connectivity index (χ1v) is 6.27. The second kappa shape index (κ2) is 6.12. The Hall–Kier alpha value is -0.930. The van der Waals surface area contributed by atoms with E-state index in [1.165, 1.54) is 25.3 Å². The monoisotopic (exact) mass is 238 g/mol. The topological polar surface area (TPSA) is 29.5 Å². The van der Waals surface area contributed by atoms with Gasteiger partial charge in [0.15, 0.2) is 0 Å². The van der Waals surface area contributed by atoms with Gasteiger partial charge in [0.2, 0.25) is 0 Å². The molecule has 1 aromatic carbocycles. The van der Waals surface area contributed by atoms with E-state index in [1.807, 2.05) is 0 Å². The van der Waals surface area contributed by atoms with Crippen molar-refractivity contribution in [3.63, 3.8) is 0 Å². The lowest BCUT2D eigenvalue weighted by molar-refractivity contribution is 0.0250. The van der Waals surface area contributed by atoms with Crippen molar-refractivity contribution in [1.82, 2.24) is 0 Å². The zero-order valence-corrected chi connectivity index (χ0v) is 9.94. The predicted octanol–water partition coefficient (Wildman–Crippen LogP) is 3.07.